The van der Waals surface area contributed by atoms with Gasteiger partial charge >= 0.3 is 0 Å². The summed E-state index contributed by atoms with van der Waals surface area (Å²) < 4.78 is 0. The van der Waals surface area contributed by atoms with Gasteiger partial charge in [0.2, 0.25) is 0 Å². The number of carbonyl (C=O) groups is 1. The second-order valence-electron chi connectivity index (χ2n) is 8.60. The third kappa shape index (κ3) is 2.73. The van der Waals surface area contributed by atoms with E-state index in [0.29, 0.717) is 17.2 Å². The van der Waals surface area contributed by atoms with E-state index in [2.05, 4.69) is 22.4 Å². The molecule has 4 aliphatic carbocycles. The summed E-state index contributed by atoms with van der Waals surface area (Å²) in [5.41, 5.74) is 7.21. The zero-order valence-electron chi connectivity index (χ0n) is 14.9. The quantitative estimate of drug-likeness (QED) is 0.749. The molecule has 1 aromatic heterocycles. The molecule has 136 valence electrons. The summed E-state index contributed by atoms with van der Waals surface area (Å²) in [6.07, 6.45) is 7.24. The van der Waals surface area contributed by atoms with Crippen molar-refractivity contribution >= 4 is 28.1 Å². The van der Waals surface area contributed by atoms with E-state index in [9.17, 15) is 4.79 Å². The summed E-state index contributed by atoms with van der Waals surface area (Å²) in [4.78, 5) is 18.6. The second kappa shape index (κ2) is 6.08. The first-order valence-electron chi connectivity index (χ1n) is 9.70. The Labute approximate surface area is 158 Å². The van der Waals surface area contributed by atoms with Crippen molar-refractivity contribution in [3.05, 3.63) is 40.8 Å². The predicted molar refractivity (Wildman–Crippen MR) is 105 cm³/mol. The Balaban J connectivity index is 1.35. The molecule has 0 unspecified atom stereocenters. The molecule has 26 heavy (non-hydrogen) atoms. The molecule has 4 nitrogen and oxygen atoms in total. The van der Waals surface area contributed by atoms with Gasteiger partial charge in [0.25, 0.3) is 0 Å². The number of nitrogen functional groups attached to an aromatic ring is 1. The third-order valence-corrected chi connectivity index (χ3v) is 7.69. The maximum absolute atomic E-state index is 13.5. The van der Waals surface area contributed by atoms with Crippen LogP contribution in [-0.2, 0) is 6.54 Å². The molecule has 0 radical (unpaired) electrons. The van der Waals surface area contributed by atoms with Crippen molar-refractivity contribution in [1.82, 2.24) is 4.98 Å². The average Bonchev–Trinajstić information content (AvgIpc) is 3.00. The monoisotopic (exact) mass is 367 g/mol. The number of carbonyl (C=O) groups excluding carboxylic acids is 1. The van der Waals surface area contributed by atoms with Crippen LogP contribution in [0.5, 0.6) is 0 Å². The molecular weight excluding hydrogens is 342 g/mol. The van der Waals surface area contributed by atoms with Gasteiger partial charge in [0.1, 0.15) is 10.7 Å². The van der Waals surface area contributed by atoms with E-state index >= 15 is 0 Å². The number of nitrogens with zero attached hydrogens (tertiary/aromatic N) is 1. The molecule has 2 aromatic rings. The van der Waals surface area contributed by atoms with Crippen molar-refractivity contribution in [2.75, 3.05) is 11.1 Å². The van der Waals surface area contributed by atoms with Crippen LogP contribution in [0.2, 0.25) is 0 Å². The van der Waals surface area contributed by atoms with Gasteiger partial charge in [0.05, 0.1) is 0 Å². The zero-order valence-corrected chi connectivity index (χ0v) is 15.7. The number of rotatable bonds is 5. The first kappa shape index (κ1) is 16.3. The number of hydrogen-bond donors (Lipinski definition) is 2. The number of nitrogens with one attached hydrogen (secondary N) is 1. The highest BCUT2D eigenvalue weighted by molar-refractivity contribution is 7.18. The van der Waals surface area contributed by atoms with E-state index in [0.717, 1.165) is 42.1 Å². The lowest BCUT2D eigenvalue weighted by atomic mass is 9.48. The Morgan fingerprint density at radius 2 is 1.73 bits per heavy atom. The summed E-state index contributed by atoms with van der Waals surface area (Å²) in [5, 5.41) is 4.08. The lowest BCUT2D eigenvalue weighted by Crippen LogP contribution is -2.49. The van der Waals surface area contributed by atoms with Crippen molar-refractivity contribution in [2.45, 2.75) is 45.1 Å². The average molecular weight is 368 g/mol. The van der Waals surface area contributed by atoms with E-state index < -0.39 is 0 Å². The number of thiazole rings is 1. The van der Waals surface area contributed by atoms with Crippen LogP contribution in [0.15, 0.2) is 30.3 Å². The molecule has 1 heterocycles. The Kier molecular flexibility index (Phi) is 3.82. The first-order chi connectivity index (χ1) is 12.6. The highest BCUT2D eigenvalue weighted by Crippen LogP contribution is 2.61. The summed E-state index contributed by atoms with van der Waals surface area (Å²) >= 11 is 1.44. The molecule has 0 saturated heterocycles. The molecule has 0 atom stereocenters. The standard InChI is InChI=1S/C21H25N3OS/c22-19-17(26-20(24-19)23-12-13-4-2-1-3-5-13)18(25)21-9-14-6-15(10-21)8-16(7-14)11-21/h1-5,14-16H,6-12,22H2,(H,23,24). The van der Waals surface area contributed by atoms with Crippen LogP contribution in [0.4, 0.5) is 10.9 Å². The van der Waals surface area contributed by atoms with Crippen LogP contribution in [0, 0.1) is 23.2 Å². The number of anilines is 2. The summed E-state index contributed by atoms with van der Waals surface area (Å²) in [5.74, 6) is 2.96. The second-order valence-corrected chi connectivity index (χ2v) is 9.60. The van der Waals surface area contributed by atoms with Crippen molar-refractivity contribution in [3.8, 4) is 0 Å². The minimum Gasteiger partial charge on any atom is -0.382 e. The molecule has 6 rings (SSSR count). The number of benzene rings is 1. The van der Waals surface area contributed by atoms with Crippen molar-refractivity contribution in [1.29, 1.82) is 0 Å². The highest BCUT2D eigenvalue weighted by Gasteiger charge is 2.55. The van der Waals surface area contributed by atoms with Crippen LogP contribution >= 0.6 is 11.3 Å². The van der Waals surface area contributed by atoms with E-state index in [4.69, 9.17) is 5.73 Å². The number of ketones is 1. The van der Waals surface area contributed by atoms with Gasteiger partial charge in [-0.1, -0.05) is 41.7 Å². The molecular formula is C21H25N3OS. The maximum atomic E-state index is 13.5. The van der Waals surface area contributed by atoms with E-state index in [1.165, 1.54) is 36.2 Å². The Bertz CT molecular complexity index is 794. The molecule has 1 aromatic carbocycles. The lowest BCUT2D eigenvalue weighted by molar-refractivity contribution is -0.0350. The molecule has 0 amide bonds. The van der Waals surface area contributed by atoms with E-state index in [1.807, 2.05) is 18.2 Å². The SMILES string of the molecule is Nc1nc(NCc2ccccc2)sc1C(=O)C12CC3CC(CC(C3)C1)C2. The molecule has 4 aliphatic rings. The van der Waals surface area contributed by atoms with Crippen LogP contribution in [0.1, 0.15) is 53.8 Å². The van der Waals surface area contributed by atoms with Crippen LogP contribution < -0.4 is 11.1 Å². The fourth-order valence-electron chi connectivity index (χ4n) is 5.97. The highest BCUT2D eigenvalue weighted by atomic mass is 32.1. The summed E-state index contributed by atoms with van der Waals surface area (Å²) in [6.45, 7) is 0.693. The van der Waals surface area contributed by atoms with Gasteiger partial charge in [-0.25, -0.2) is 4.98 Å². The Morgan fingerprint density at radius 1 is 1.12 bits per heavy atom. The smallest absolute Gasteiger partial charge is 0.185 e. The van der Waals surface area contributed by atoms with E-state index in [1.54, 1.807) is 0 Å². The normalized spacial score (nSPS) is 31.9. The lowest BCUT2D eigenvalue weighted by Gasteiger charge is -2.55. The predicted octanol–water partition coefficient (Wildman–Crippen LogP) is 4.74. The van der Waals surface area contributed by atoms with Gasteiger partial charge in [0.15, 0.2) is 10.9 Å². The fraction of sp³-hybridized carbons (Fsp3) is 0.524. The van der Waals surface area contributed by atoms with Gasteiger partial charge in [0, 0.05) is 12.0 Å². The van der Waals surface area contributed by atoms with Crippen LogP contribution in [0.25, 0.3) is 0 Å². The Hall–Kier alpha value is -1.88. The van der Waals surface area contributed by atoms with Crippen LogP contribution in [-0.4, -0.2) is 10.8 Å². The number of aromatic nitrogens is 1. The summed E-state index contributed by atoms with van der Waals surface area (Å²) in [7, 11) is 0. The first-order valence-corrected chi connectivity index (χ1v) is 10.5. The van der Waals surface area contributed by atoms with Gasteiger partial charge in [-0.2, -0.15) is 0 Å². The molecule has 0 spiro atoms. The number of Topliss-reactive ketones (excluding diaryl/α,β-unsaturated/α-hetero) is 1. The number of hydrogen-bond acceptors (Lipinski definition) is 5. The van der Waals surface area contributed by atoms with Gasteiger partial charge < -0.3 is 11.1 Å². The minimum absolute atomic E-state index is 0.147. The van der Waals surface area contributed by atoms with Crippen molar-refractivity contribution < 1.29 is 4.79 Å². The zero-order chi connectivity index (χ0) is 17.7. The van der Waals surface area contributed by atoms with Gasteiger partial charge in [-0.3, -0.25) is 4.79 Å². The Morgan fingerprint density at radius 3 is 2.35 bits per heavy atom. The molecule has 0 aliphatic heterocycles. The molecule has 3 N–H and O–H groups in total. The van der Waals surface area contributed by atoms with Crippen molar-refractivity contribution in [3.63, 3.8) is 0 Å². The van der Waals surface area contributed by atoms with Gasteiger partial charge in [-0.15, -0.1) is 0 Å². The van der Waals surface area contributed by atoms with E-state index in [-0.39, 0.29) is 11.2 Å². The number of nitrogens with two attached hydrogens (primary N) is 1. The largest absolute Gasteiger partial charge is 0.382 e. The fourth-order valence-corrected chi connectivity index (χ4v) is 6.91. The van der Waals surface area contributed by atoms with Crippen molar-refractivity contribution in [2.24, 2.45) is 23.2 Å². The molecule has 4 saturated carbocycles. The summed E-state index contributed by atoms with van der Waals surface area (Å²) in [6, 6.07) is 10.2. The van der Waals surface area contributed by atoms with Crippen LogP contribution in [0.3, 0.4) is 0 Å². The maximum Gasteiger partial charge on any atom is 0.185 e. The molecule has 4 bridgehead atoms. The minimum atomic E-state index is -0.147. The van der Waals surface area contributed by atoms with Gasteiger partial charge in [-0.05, 0) is 61.8 Å². The molecule has 5 heteroatoms. The third-order valence-electron chi connectivity index (χ3n) is 6.67. The molecule has 4 fully saturated rings. The topological polar surface area (TPSA) is 68.0 Å².